The molecule has 0 atom stereocenters. The topological polar surface area (TPSA) is 69.0 Å². The van der Waals surface area contributed by atoms with Gasteiger partial charge in [-0.2, -0.15) is 0 Å². The number of hydrogen-bond acceptors (Lipinski definition) is 4. The molecule has 0 fully saturated rings. The van der Waals surface area contributed by atoms with Crippen molar-refractivity contribution in [1.82, 2.24) is 14.8 Å². The maximum atomic E-state index is 12.7. The zero-order valence-electron chi connectivity index (χ0n) is 15.9. The Labute approximate surface area is 168 Å². The molecule has 0 radical (unpaired) electrons. The van der Waals surface area contributed by atoms with E-state index in [1.165, 1.54) is 0 Å². The number of carbonyl (C=O) groups is 1. The maximum absolute atomic E-state index is 12.7. The summed E-state index contributed by atoms with van der Waals surface area (Å²) in [5.41, 5.74) is 2.60. The molecule has 1 N–H and O–H groups in total. The molecule has 0 aliphatic heterocycles. The number of nitrogens with one attached hydrogen (secondary N) is 1. The van der Waals surface area contributed by atoms with Gasteiger partial charge in [-0.15, -0.1) is 5.10 Å². The van der Waals surface area contributed by atoms with Crippen LogP contribution >= 0.6 is 0 Å². The van der Waals surface area contributed by atoms with E-state index >= 15 is 0 Å². The Morgan fingerprint density at radius 1 is 0.931 bits per heavy atom. The summed E-state index contributed by atoms with van der Waals surface area (Å²) in [6.45, 7) is 0. The standard InChI is InChI=1S/C23H20N4O2/c1-29-20-14-12-18(13-15-20)24-23(28)22-25-21(16-17-8-4-2-5-9-17)27(26-22)19-10-6-3-7-11-19/h2-15H,16H2,1H3,(H,24,28). The molecule has 1 amide bonds. The third-order valence-corrected chi connectivity index (χ3v) is 4.43. The highest BCUT2D eigenvalue weighted by atomic mass is 16.5. The van der Waals surface area contributed by atoms with Crippen LogP contribution in [0, 0.1) is 0 Å². The van der Waals surface area contributed by atoms with E-state index in [9.17, 15) is 4.79 Å². The average molecular weight is 384 g/mol. The Balaban J connectivity index is 1.63. The van der Waals surface area contributed by atoms with Crippen LogP contribution in [0.5, 0.6) is 5.75 Å². The summed E-state index contributed by atoms with van der Waals surface area (Å²) in [6.07, 6.45) is 0.568. The van der Waals surface area contributed by atoms with Crippen molar-refractivity contribution in [3.63, 3.8) is 0 Å². The minimum absolute atomic E-state index is 0.121. The van der Waals surface area contributed by atoms with Gasteiger partial charge in [-0.1, -0.05) is 48.5 Å². The SMILES string of the molecule is COc1ccc(NC(=O)c2nc(Cc3ccccc3)n(-c3ccccc3)n2)cc1. The molecule has 144 valence electrons. The summed E-state index contributed by atoms with van der Waals surface area (Å²) in [5, 5.41) is 7.31. The molecule has 6 nitrogen and oxygen atoms in total. The van der Waals surface area contributed by atoms with Crippen molar-refractivity contribution < 1.29 is 9.53 Å². The van der Waals surface area contributed by atoms with Gasteiger partial charge in [-0.3, -0.25) is 4.79 Å². The van der Waals surface area contributed by atoms with Crippen LogP contribution in [0.3, 0.4) is 0 Å². The molecule has 0 spiro atoms. The number of aromatic nitrogens is 3. The van der Waals surface area contributed by atoms with E-state index in [1.807, 2.05) is 60.7 Å². The largest absolute Gasteiger partial charge is 0.497 e. The molecule has 0 unspecified atom stereocenters. The van der Waals surface area contributed by atoms with Crippen LogP contribution in [-0.2, 0) is 6.42 Å². The zero-order valence-corrected chi connectivity index (χ0v) is 15.9. The minimum Gasteiger partial charge on any atom is -0.497 e. The number of hydrogen-bond donors (Lipinski definition) is 1. The molecule has 29 heavy (non-hydrogen) atoms. The van der Waals surface area contributed by atoms with Gasteiger partial charge in [0.1, 0.15) is 11.6 Å². The minimum atomic E-state index is -0.362. The number of benzene rings is 3. The summed E-state index contributed by atoms with van der Waals surface area (Å²) < 4.78 is 6.86. The third-order valence-electron chi connectivity index (χ3n) is 4.43. The number of para-hydroxylation sites is 1. The Morgan fingerprint density at radius 2 is 1.59 bits per heavy atom. The first-order valence-corrected chi connectivity index (χ1v) is 9.23. The Bertz CT molecular complexity index is 1090. The first-order chi connectivity index (χ1) is 14.2. The molecular formula is C23H20N4O2. The fourth-order valence-corrected chi connectivity index (χ4v) is 2.97. The fourth-order valence-electron chi connectivity index (χ4n) is 2.97. The number of ether oxygens (including phenoxy) is 1. The molecule has 1 heterocycles. The number of carbonyl (C=O) groups excluding carboxylic acids is 1. The second-order valence-corrected chi connectivity index (χ2v) is 6.44. The number of anilines is 1. The molecule has 6 heteroatoms. The van der Waals surface area contributed by atoms with E-state index in [2.05, 4.69) is 15.4 Å². The lowest BCUT2D eigenvalue weighted by atomic mass is 10.1. The molecule has 4 aromatic rings. The van der Waals surface area contributed by atoms with Crippen LogP contribution in [-0.4, -0.2) is 27.8 Å². The number of nitrogens with zero attached hydrogens (tertiary/aromatic N) is 3. The molecule has 0 saturated heterocycles. The lowest BCUT2D eigenvalue weighted by Gasteiger charge is -2.05. The molecule has 3 aromatic carbocycles. The van der Waals surface area contributed by atoms with E-state index in [-0.39, 0.29) is 11.7 Å². The van der Waals surface area contributed by atoms with Crippen LogP contribution in [0.25, 0.3) is 5.69 Å². The Hall–Kier alpha value is -3.93. The zero-order chi connectivity index (χ0) is 20.1. The van der Waals surface area contributed by atoms with Crippen molar-refractivity contribution in [3.8, 4) is 11.4 Å². The third kappa shape index (κ3) is 4.32. The summed E-state index contributed by atoms with van der Waals surface area (Å²) in [4.78, 5) is 17.3. The van der Waals surface area contributed by atoms with Crippen molar-refractivity contribution >= 4 is 11.6 Å². The quantitative estimate of drug-likeness (QED) is 0.543. The van der Waals surface area contributed by atoms with Crippen LogP contribution in [0.4, 0.5) is 5.69 Å². The van der Waals surface area contributed by atoms with Gasteiger partial charge in [0.15, 0.2) is 0 Å². The lowest BCUT2D eigenvalue weighted by Crippen LogP contribution is -2.14. The van der Waals surface area contributed by atoms with Crippen molar-refractivity contribution in [2.24, 2.45) is 0 Å². The molecule has 1 aromatic heterocycles. The van der Waals surface area contributed by atoms with Gasteiger partial charge in [-0.05, 0) is 42.0 Å². The average Bonchev–Trinajstić information content (AvgIpc) is 3.19. The van der Waals surface area contributed by atoms with Gasteiger partial charge in [0.2, 0.25) is 5.82 Å². The van der Waals surface area contributed by atoms with Crippen molar-refractivity contribution in [2.75, 3.05) is 12.4 Å². The molecule has 4 rings (SSSR count). The van der Waals surface area contributed by atoms with Crippen molar-refractivity contribution in [2.45, 2.75) is 6.42 Å². The van der Waals surface area contributed by atoms with Crippen molar-refractivity contribution in [3.05, 3.63) is 102 Å². The first kappa shape index (κ1) is 18.4. The fraction of sp³-hybridized carbons (Fsp3) is 0.0870. The van der Waals surface area contributed by atoms with Gasteiger partial charge in [-0.25, -0.2) is 9.67 Å². The number of amides is 1. The Kier molecular flexibility index (Phi) is 5.33. The van der Waals surface area contributed by atoms with Gasteiger partial charge in [0.25, 0.3) is 5.91 Å². The van der Waals surface area contributed by atoms with E-state index in [0.717, 1.165) is 17.0 Å². The highest BCUT2D eigenvalue weighted by molar-refractivity contribution is 6.01. The molecule has 0 aliphatic carbocycles. The smallest absolute Gasteiger partial charge is 0.295 e. The van der Waals surface area contributed by atoms with Gasteiger partial charge >= 0.3 is 0 Å². The number of rotatable bonds is 6. The summed E-state index contributed by atoms with van der Waals surface area (Å²) in [6, 6.07) is 26.8. The van der Waals surface area contributed by atoms with Gasteiger partial charge in [0.05, 0.1) is 12.8 Å². The molecule has 0 aliphatic rings. The van der Waals surface area contributed by atoms with E-state index in [4.69, 9.17) is 4.74 Å². The molecule has 0 saturated carbocycles. The van der Waals surface area contributed by atoms with Crippen LogP contribution in [0.15, 0.2) is 84.9 Å². The predicted molar refractivity (Wildman–Crippen MR) is 112 cm³/mol. The molecule has 0 bridgehead atoms. The summed E-state index contributed by atoms with van der Waals surface area (Å²) in [7, 11) is 1.60. The van der Waals surface area contributed by atoms with Gasteiger partial charge in [0, 0.05) is 12.1 Å². The van der Waals surface area contributed by atoms with Gasteiger partial charge < -0.3 is 10.1 Å². The Morgan fingerprint density at radius 3 is 2.24 bits per heavy atom. The molecular weight excluding hydrogens is 364 g/mol. The second-order valence-electron chi connectivity index (χ2n) is 6.44. The first-order valence-electron chi connectivity index (χ1n) is 9.23. The number of methoxy groups -OCH3 is 1. The van der Waals surface area contributed by atoms with Crippen molar-refractivity contribution in [1.29, 1.82) is 0 Å². The lowest BCUT2D eigenvalue weighted by molar-refractivity contribution is 0.101. The van der Waals surface area contributed by atoms with Crippen LogP contribution < -0.4 is 10.1 Å². The second kappa shape index (κ2) is 8.39. The summed E-state index contributed by atoms with van der Waals surface area (Å²) >= 11 is 0. The van der Waals surface area contributed by atoms with E-state index in [1.54, 1.807) is 36.1 Å². The monoisotopic (exact) mass is 384 g/mol. The van der Waals surface area contributed by atoms with Crippen LogP contribution in [0.2, 0.25) is 0 Å². The predicted octanol–water partition coefficient (Wildman–Crippen LogP) is 4.12. The highest BCUT2D eigenvalue weighted by Gasteiger charge is 2.18. The summed E-state index contributed by atoms with van der Waals surface area (Å²) in [5.74, 6) is 1.18. The van der Waals surface area contributed by atoms with Crippen LogP contribution in [0.1, 0.15) is 22.0 Å². The van der Waals surface area contributed by atoms with E-state index < -0.39 is 0 Å². The maximum Gasteiger partial charge on any atom is 0.295 e. The normalized spacial score (nSPS) is 10.5. The highest BCUT2D eigenvalue weighted by Crippen LogP contribution is 2.17. The van der Waals surface area contributed by atoms with E-state index in [0.29, 0.717) is 17.9 Å².